The second-order valence-corrected chi connectivity index (χ2v) is 2.31. The fraction of sp³-hybridized carbons (Fsp3) is 0.800. The van der Waals surface area contributed by atoms with Gasteiger partial charge in [0.05, 0.1) is 0 Å². The summed E-state index contributed by atoms with van der Waals surface area (Å²) in [5, 5.41) is 7.93. The van der Waals surface area contributed by atoms with Crippen LogP contribution < -0.4 is 0 Å². The molecule has 0 saturated heterocycles. The third-order valence-corrected chi connectivity index (χ3v) is 0.352. The molecule has 0 amide bonds. The Hall–Kier alpha value is -0.710. The first-order valence-electron chi connectivity index (χ1n) is 2.13. The monoisotopic (exact) mass is 99.1 g/mol. The maximum absolute atomic E-state index is 7.93. The highest BCUT2D eigenvalue weighted by atomic mass is 16.5. The fourth-order valence-electron chi connectivity index (χ4n) is 0.137. The van der Waals surface area contributed by atoms with Crippen LogP contribution in [0.1, 0.15) is 20.8 Å². The number of hydrogen-bond acceptors (Lipinski definition) is 2. The first-order valence-corrected chi connectivity index (χ1v) is 2.13. The topological polar surface area (TPSA) is 33.0 Å². The molecule has 0 N–H and O–H groups in total. The van der Waals surface area contributed by atoms with E-state index in [1.165, 1.54) is 0 Å². The SMILES string of the molecule is CC(C)(C)OC#N. The molecule has 0 aromatic rings. The molecule has 0 saturated carbocycles. The summed E-state index contributed by atoms with van der Waals surface area (Å²) < 4.78 is 4.53. The lowest BCUT2D eigenvalue weighted by Gasteiger charge is -2.12. The van der Waals surface area contributed by atoms with Gasteiger partial charge >= 0.3 is 0 Å². The number of rotatable bonds is 0. The van der Waals surface area contributed by atoms with Gasteiger partial charge in [-0.05, 0) is 20.8 Å². The fourth-order valence-corrected chi connectivity index (χ4v) is 0.137. The Balaban J connectivity index is 3.40. The van der Waals surface area contributed by atoms with Crippen molar-refractivity contribution in [3.05, 3.63) is 0 Å². The molecule has 0 aliphatic carbocycles. The zero-order chi connectivity index (χ0) is 5.91. The van der Waals surface area contributed by atoms with Crippen LogP contribution in [0, 0.1) is 11.5 Å². The molecule has 0 radical (unpaired) electrons. The average molecular weight is 99.1 g/mol. The van der Waals surface area contributed by atoms with Gasteiger partial charge in [-0.2, -0.15) is 5.26 Å². The van der Waals surface area contributed by atoms with Crippen molar-refractivity contribution in [3.63, 3.8) is 0 Å². The van der Waals surface area contributed by atoms with E-state index in [0.717, 1.165) is 0 Å². The van der Waals surface area contributed by atoms with E-state index in [2.05, 4.69) is 4.74 Å². The predicted molar refractivity (Wildman–Crippen MR) is 26.5 cm³/mol. The summed E-state index contributed by atoms with van der Waals surface area (Å²) in [6.07, 6.45) is 1.61. The third-order valence-electron chi connectivity index (χ3n) is 0.352. The summed E-state index contributed by atoms with van der Waals surface area (Å²) in [5.41, 5.74) is -0.311. The summed E-state index contributed by atoms with van der Waals surface area (Å²) in [6, 6.07) is 0. The van der Waals surface area contributed by atoms with Crippen LogP contribution >= 0.6 is 0 Å². The smallest absolute Gasteiger partial charge is 0.286 e. The first-order chi connectivity index (χ1) is 3.06. The molecule has 2 nitrogen and oxygen atoms in total. The molecular formula is C5H9NO. The Bertz CT molecular complexity index is 85.2. The van der Waals surface area contributed by atoms with Gasteiger partial charge in [0.2, 0.25) is 0 Å². The first kappa shape index (κ1) is 6.29. The molecule has 0 aromatic carbocycles. The molecule has 0 atom stereocenters. The minimum absolute atomic E-state index is 0.311. The van der Waals surface area contributed by atoms with Crippen molar-refractivity contribution < 1.29 is 4.74 Å². The number of nitriles is 1. The van der Waals surface area contributed by atoms with Gasteiger partial charge in [0.15, 0.2) is 0 Å². The molecule has 0 heterocycles. The number of hydrogen-bond donors (Lipinski definition) is 0. The summed E-state index contributed by atoms with van der Waals surface area (Å²) in [4.78, 5) is 0. The zero-order valence-electron chi connectivity index (χ0n) is 4.86. The lowest BCUT2D eigenvalue weighted by Crippen LogP contribution is -2.15. The van der Waals surface area contributed by atoms with E-state index < -0.39 is 0 Å². The van der Waals surface area contributed by atoms with Crippen molar-refractivity contribution in [3.8, 4) is 6.26 Å². The van der Waals surface area contributed by atoms with Crippen molar-refractivity contribution in [1.29, 1.82) is 5.26 Å². The highest BCUT2D eigenvalue weighted by Crippen LogP contribution is 2.03. The van der Waals surface area contributed by atoms with E-state index in [1.54, 1.807) is 6.26 Å². The second kappa shape index (κ2) is 1.83. The molecule has 0 aliphatic heterocycles. The summed E-state index contributed by atoms with van der Waals surface area (Å²) in [6.45, 7) is 5.49. The van der Waals surface area contributed by atoms with E-state index >= 15 is 0 Å². The largest absolute Gasteiger partial charge is 0.422 e. The molecule has 0 aromatic heterocycles. The minimum Gasteiger partial charge on any atom is -0.422 e. The molecule has 0 bridgehead atoms. The Morgan fingerprint density at radius 3 is 1.86 bits per heavy atom. The van der Waals surface area contributed by atoms with E-state index in [0.29, 0.717) is 0 Å². The molecule has 0 spiro atoms. The summed E-state index contributed by atoms with van der Waals surface area (Å²) in [5.74, 6) is 0. The molecule has 0 unspecified atom stereocenters. The van der Waals surface area contributed by atoms with Crippen LogP contribution in [0.3, 0.4) is 0 Å². The molecule has 0 rings (SSSR count). The molecule has 2 heteroatoms. The van der Waals surface area contributed by atoms with Crippen molar-refractivity contribution in [1.82, 2.24) is 0 Å². The van der Waals surface area contributed by atoms with Gasteiger partial charge in [0.1, 0.15) is 5.60 Å². The zero-order valence-corrected chi connectivity index (χ0v) is 4.86. The van der Waals surface area contributed by atoms with Gasteiger partial charge < -0.3 is 4.74 Å². The third kappa shape index (κ3) is 5.29. The van der Waals surface area contributed by atoms with Crippen molar-refractivity contribution in [2.24, 2.45) is 0 Å². The lowest BCUT2D eigenvalue weighted by molar-refractivity contribution is 0.0920. The highest BCUT2D eigenvalue weighted by molar-refractivity contribution is 4.64. The van der Waals surface area contributed by atoms with Gasteiger partial charge in [-0.15, -0.1) is 0 Å². The standard InChI is InChI=1S/C5H9NO/c1-5(2,3)7-4-6/h1-3H3. The Morgan fingerprint density at radius 1 is 1.43 bits per heavy atom. The van der Waals surface area contributed by atoms with Crippen LogP contribution in [0.5, 0.6) is 0 Å². The molecule has 0 aliphatic rings. The van der Waals surface area contributed by atoms with Crippen molar-refractivity contribution in [2.45, 2.75) is 26.4 Å². The number of nitrogens with zero attached hydrogens (tertiary/aromatic N) is 1. The quantitative estimate of drug-likeness (QED) is 0.428. The van der Waals surface area contributed by atoms with Crippen LogP contribution in [0.15, 0.2) is 0 Å². The maximum Gasteiger partial charge on any atom is 0.286 e. The van der Waals surface area contributed by atoms with Gasteiger partial charge in [-0.25, -0.2) is 0 Å². The molecule has 40 valence electrons. The van der Waals surface area contributed by atoms with Gasteiger partial charge in [0.25, 0.3) is 6.26 Å². The Kier molecular flexibility index (Phi) is 1.65. The van der Waals surface area contributed by atoms with Crippen LogP contribution in [0.4, 0.5) is 0 Å². The van der Waals surface area contributed by atoms with Crippen LogP contribution in [-0.2, 0) is 4.74 Å². The van der Waals surface area contributed by atoms with Crippen LogP contribution in [0.2, 0.25) is 0 Å². The van der Waals surface area contributed by atoms with Crippen molar-refractivity contribution in [2.75, 3.05) is 0 Å². The van der Waals surface area contributed by atoms with Crippen LogP contribution in [0.25, 0.3) is 0 Å². The molecule has 7 heavy (non-hydrogen) atoms. The summed E-state index contributed by atoms with van der Waals surface area (Å²) >= 11 is 0. The number of ether oxygens (including phenoxy) is 1. The van der Waals surface area contributed by atoms with E-state index in [4.69, 9.17) is 5.26 Å². The Morgan fingerprint density at radius 2 is 1.86 bits per heavy atom. The molecule has 0 fully saturated rings. The molecular weight excluding hydrogens is 90.1 g/mol. The van der Waals surface area contributed by atoms with Gasteiger partial charge in [-0.3, -0.25) is 0 Å². The Labute approximate surface area is 43.7 Å². The van der Waals surface area contributed by atoms with E-state index in [1.807, 2.05) is 20.8 Å². The van der Waals surface area contributed by atoms with Gasteiger partial charge in [0, 0.05) is 0 Å². The second-order valence-electron chi connectivity index (χ2n) is 2.31. The van der Waals surface area contributed by atoms with E-state index in [-0.39, 0.29) is 5.60 Å². The lowest BCUT2D eigenvalue weighted by atomic mass is 10.2. The average Bonchev–Trinajstić information content (AvgIpc) is 1.30. The van der Waals surface area contributed by atoms with E-state index in [9.17, 15) is 0 Å². The van der Waals surface area contributed by atoms with Gasteiger partial charge in [-0.1, -0.05) is 0 Å². The minimum atomic E-state index is -0.311. The van der Waals surface area contributed by atoms with Crippen LogP contribution in [-0.4, -0.2) is 5.60 Å². The van der Waals surface area contributed by atoms with Crippen molar-refractivity contribution >= 4 is 0 Å². The predicted octanol–water partition coefficient (Wildman–Crippen LogP) is 1.28. The normalized spacial score (nSPS) is 10.0. The maximum atomic E-state index is 7.93. The summed E-state index contributed by atoms with van der Waals surface area (Å²) in [7, 11) is 0. The highest BCUT2D eigenvalue weighted by Gasteiger charge is 2.08.